The minimum absolute atomic E-state index is 0.197. The number of aliphatic hydroxyl groups excluding tert-OH is 1. The van der Waals surface area contributed by atoms with Crippen molar-refractivity contribution in [2.75, 3.05) is 6.54 Å². The Morgan fingerprint density at radius 2 is 2.16 bits per heavy atom. The van der Waals surface area contributed by atoms with E-state index in [2.05, 4.69) is 4.98 Å². The molecule has 0 amide bonds. The summed E-state index contributed by atoms with van der Waals surface area (Å²) in [5.41, 5.74) is 0. The van der Waals surface area contributed by atoms with E-state index in [4.69, 9.17) is 5.11 Å². The number of hydrogen-bond acceptors (Lipinski definition) is 5. The first-order valence-electron chi connectivity index (χ1n) is 5.35. The van der Waals surface area contributed by atoms with Gasteiger partial charge in [-0.2, -0.15) is 4.31 Å². The number of β-amino-alcohol motifs (C(OH)–C–C–N with tert-alkyl or cyclic N) is 1. The molecule has 1 aliphatic rings. The van der Waals surface area contributed by atoms with E-state index >= 15 is 0 Å². The van der Waals surface area contributed by atoms with Crippen molar-refractivity contribution in [3.05, 3.63) is 24.3 Å². The summed E-state index contributed by atoms with van der Waals surface area (Å²) in [5, 5.41) is 18.4. The second kappa shape index (κ2) is 4.83. The van der Waals surface area contributed by atoms with E-state index in [-0.39, 0.29) is 13.0 Å². The number of nitrogens with zero attached hydrogens (tertiary/aromatic N) is 2. The molecule has 1 aromatic heterocycles. The maximum Gasteiger partial charge on any atom is 0.322 e. The second-order valence-electron chi connectivity index (χ2n) is 4.16. The van der Waals surface area contributed by atoms with E-state index in [1.807, 2.05) is 0 Å². The number of halogens is 1. The van der Waals surface area contributed by atoms with Crippen LogP contribution in [-0.4, -0.2) is 52.6 Å². The topological polar surface area (TPSA) is 108 Å². The minimum Gasteiger partial charge on any atom is -0.480 e. The van der Waals surface area contributed by atoms with Gasteiger partial charge in [0.1, 0.15) is 16.8 Å². The molecule has 7 nitrogen and oxygen atoms in total. The molecular weight excluding hydrogens is 279 g/mol. The molecule has 0 radical (unpaired) electrons. The van der Waals surface area contributed by atoms with Crippen molar-refractivity contribution in [3.63, 3.8) is 0 Å². The number of aromatic nitrogens is 1. The van der Waals surface area contributed by atoms with E-state index in [1.54, 1.807) is 0 Å². The van der Waals surface area contributed by atoms with Crippen LogP contribution in [0.5, 0.6) is 0 Å². The fourth-order valence-corrected chi connectivity index (χ4v) is 3.55. The van der Waals surface area contributed by atoms with E-state index in [1.165, 1.54) is 0 Å². The average Bonchev–Trinajstić information content (AvgIpc) is 2.72. The van der Waals surface area contributed by atoms with Crippen LogP contribution >= 0.6 is 0 Å². The Morgan fingerprint density at radius 1 is 1.47 bits per heavy atom. The molecular formula is C10H11FN2O5S. The number of hydrogen-bond donors (Lipinski definition) is 2. The van der Waals surface area contributed by atoms with Crippen LogP contribution in [0.1, 0.15) is 6.42 Å². The lowest BCUT2D eigenvalue weighted by Crippen LogP contribution is -2.40. The highest BCUT2D eigenvalue weighted by atomic mass is 32.2. The summed E-state index contributed by atoms with van der Waals surface area (Å²) in [4.78, 5) is 14.0. The number of carbonyl (C=O) groups is 1. The zero-order valence-corrected chi connectivity index (χ0v) is 10.4. The second-order valence-corrected chi connectivity index (χ2v) is 6.05. The van der Waals surface area contributed by atoms with Crippen molar-refractivity contribution in [2.45, 2.75) is 23.5 Å². The fraction of sp³-hybridized carbons (Fsp3) is 0.400. The third-order valence-corrected chi connectivity index (χ3v) is 4.65. The SMILES string of the molecule is O=C(O)[C@@H]1CC(O)CN1S(=O)(=O)c1cncc(F)c1. The maximum atomic E-state index is 13.0. The standard InChI is InChI=1S/C10H11FN2O5S/c11-6-1-8(4-12-3-6)19(17,18)13-5-7(14)2-9(13)10(15)16/h1,3-4,7,9,14H,2,5H2,(H,15,16)/t7?,9-/m0/s1. The molecule has 104 valence electrons. The molecule has 1 fully saturated rings. The highest BCUT2D eigenvalue weighted by molar-refractivity contribution is 7.89. The highest BCUT2D eigenvalue weighted by Gasteiger charge is 2.43. The molecule has 19 heavy (non-hydrogen) atoms. The predicted octanol–water partition coefficient (Wildman–Crippen LogP) is -0.571. The normalized spacial score (nSPS) is 24.5. The summed E-state index contributed by atoms with van der Waals surface area (Å²) >= 11 is 0. The van der Waals surface area contributed by atoms with E-state index in [0.717, 1.165) is 18.5 Å². The van der Waals surface area contributed by atoms with Crippen molar-refractivity contribution in [3.8, 4) is 0 Å². The molecule has 1 aromatic rings. The number of sulfonamides is 1. The van der Waals surface area contributed by atoms with Crippen molar-refractivity contribution in [1.29, 1.82) is 0 Å². The monoisotopic (exact) mass is 290 g/mol. The average molecular weight is 290 g/mol. The lowest BCUT2D eigenvalue weighted by atomic mass is 10.2. The molecule has 0 spiro atoms. The summed E-state index contributed by atoms with van der Waals surface area (Å²) in [6.45, 7) is -0.337. The van der Waals surface area contributed by atoms with Crippen LogP contribution in [0, 0.1) is 5.82 Å². The number of aliphatic hydroxyl groups is 1. The van der Waals surface area contributed by atoms with Crippen LogP contribution in [0.3, 0.4) is 0 Å². The molecule has 2 N–H and O–H groups in total. The summed E-state index contributed by atoms with van der Waals surface area (Å²) in [6.07, 6.45) is 0.517. The molecule has 2 heterocycles. The van der Waals surface area contributed by atoms with Crippen LogP contribution in [0.25, 0.3) is 0 Å². The Bertz CT molecular complexity index is 606. The van der Waals surface area contributed by atoms with Crippen molar-refractivity contribution in [1.82, 2.24) is 9.29 Å². The van der Waals surface area contributed by atoms with Gasteiger partial charge in [-0.3, -0.25) is 9.78 Å². The Balaban J connectivity index is 2.41. The third kappa shape index (κ3) is 2.57. The molecule has 0 aliphatic carbocycles. The van der Waals surface area contributed by atoms with Crippen molar-refractivity contribution < 1.29 is 27.8 Å². The number of aliphatic carboxylic acids is 1. The van der Waals surface area contributed by atoms with Gasteiger partial charge >= 0.3 is 5.97 Å². The summed E-state index contributed by atoms with van der Waals surface area (Å²) < 4.78 is 38.0. The van der Waals surface area contributed by atoms with Gasteiger partial charge in [0.25, 0.3) is 0 Å². The quantitative estimate of drug-likeness (QED) is 0.772. The molecule has 2 atom stereocenters. The summed E-state index contributed by atoms with van der Waals surface area (Å²) in [7, 11) is -4.20. The predicted molar refractivity (Wildman–Crippen MR) is 60.1 cm³/mol. The largest absolute Gasteiger partial charge is 0.480 e. The van der Waals surface area contributed by atoms with Gasteiger partial charge in [-0.15, -0.1) is 0 Å². The Morgan fingerprint density at radius 3 is 2.74 bits per heavy atom. The fourth-order valence-electron chi connectivity index (χ4n) is 1.94. The number of carboxylic acid groups (broad SMARTS) is 1. The van der Waals surface area contributed by atoms with E-state index < -0.39 is 38.9 Å². The molecule has 0 saturated carbocycles. The van der Waals surface area contributed by atoms with E-state index in [0.29, 0.717) is 4.31 Å². The lowest BCUT2D eigenvalue weighted by molar-refractivity contribution is -0.140. The zero-order chi connectivity index (χ0) is 14.2. The van der Waals surface area contributed by atoms with Gasteiger partial charge in [-0.1, -0.05) is 0 Å². The molecule has 1 unspecified atom stereocenters. The van der Waals surface area contributed by atoms with Gasteiger partial charge < -0.3 is 10.2 Å². The highest BCUT2D eigenvalue weighted by Crippen LogP contribution is 2.26. The van der Waals surface area contributed by atoms with Gasteiger partial charge in [0.05, 0.1) is 12.3 Å². The smallest absolute Gasteiger partial charge is 0.322 e. The molecule has 1 aliphatic heterocycles. The van der Waals surface area contributed by atoms with Crippen LogP contribution in [-0.2, 0) is 14.8 Å². The zero-order valence-electron chi connectivity index (χ0n) is 9.60. The maximum absolute atomic E-state index is 13.0. The van der Waals surface area contributed by atoms with Crippen LogP contribution < -0.4 is 0 Å². The van der Waals surface area contributed by atoms with Crippen molar-refractivity contribution in [2.24, 2.45) is 0 Å². The first kappa shape index (κ1) is 13.8. The Kier molecular flexibility index (Phi) is 3.52. The summed E-state index contributed by atoms with van der Waals surface area (Å²) in [5.74, 6) is -2.20. The third-order valence-electron chi connectivity index (χ3n) is 2.81. The van der Waals surface area contributed by atoms with Gasteiger partial charge in [-0.25, -0.2) is 12.8 Å². The van der Waals surface area contributed by atoms with Crippen LogP contribution in [0.2, 0.25) is 0 Å². The molecule has 1 saturated heterocycles. The Hall–Kier alpha value is -1.58. The molecule has 2 rings (SSSR count). The van der Waals surface area contributed by atoms with E-state index in [9.17, 15) is 22.7 Å². The van der Waals surface area contributed by atoms with Gasteiger partial charge in [-0.05, 0) is 6.07 Å². The first-order chi connectivity index (χ1) is 8.82. The Labute approximate surface area is 108 Å². The van der Waals surface area contributed by atoms with Crippen molar-refractivity contribution >= 4 is 16.0 Å². The number of rotatable bonds is 3. The molecule has 9 heteroatoms. The van der Waals surface area contributed by atoms with Gasteiger partial charge in [0.15, 0.2) is 0 Å². The van der Waals surface area contributed by atoms with Crippen LogP contribution in [0.4, 0.5) is 4.39 Å². The molecule has 0 bridgehead atoms. The summed E-state index contributed by atoms with van der Waals surface area (Å²) in [6, 6.07) is -0.602. The molecule has 0 aromatic carbocycles. The van der Waals surface area contributed by atoms with Gasteiger partial charge in [0, 0.05) is 19.2 Å². The minimum atomic E-state index is -4.20. The van der Waals surface area contributed by atoms with Gasteiger partial charge in [0.2, 0.25) is 10.0 Å². The number of carboxylic acids is 1. The number of pyridine rings is 1. The lowest BCUT2D eigenvalue weighted by Gasteiger charge is -2.20. The van der Waals surface area contributed by atoms with Crippen LogP contribution in [0.15, 0.2) is 23.4 Å². The first-order valence-corrected chi connectivity index (χ1v) is 6.79.